The summed E-state index contributed by atoms with van der Waals surface area (Å²) < 4.78 is 44.5. The number of rotatable bonds is 5. The number of aromatic nitrogens is 2. The molecule has 1 aromatic rings. The molecular formula is C11H14N4O8S. The average Bonchev–Trinajstić information content (AvgIpc) is 3.08. The van der Waals surface area contributed by atoms with E-state index in [9.17, 15) is 18.0 Å². The smallest absolute Gasteiger partial charge is 0.418 e. The van der Waals surface area contributed by atoms with Crippen LogP contribution in [0.3, 0.4) is 0 Å². The quantitative estimate of drug-likeness (QED) is 0.556. The Kier molecular flexibility index (Phi) is 4.15. The SMILES string of the molecule is CCOC(=O)c1noc([C@@H]2CC[C@@H]3CN2C(=O)N3OS(=O)(=O)O)n1. The van der Waals surface area contributed by atoms with E-state index in [1.165, 1.54) is 4.90 Å². The summed E-state index contributed by atoms with van der Waals surface area (Å²) >= 11 is 0. The van der Waals surface area contributed by atoms with E-state index in [1.54, 1.807) is 6.92 Å². The van der Waals surface area contributed by atoms with Crippen LogP contribution in [0, 0.1) is 0 Å². The van der Waals surface area contributed by atoms with Crippen LogP contribution in [-0.4, -0.2) is 64.3 Å². The van der Waals surface area contributed by atoms with Gasteiger partial charge in [0.15, 0.2) is 0 Å². The van der Waals surface area contributed by atoms with E-state index in [-0.39, 0.29) is 24.9 Å². The van der Waals surface area contributed by atoms with E-state index >= 15 is 0 Å². The molecule has 0 spiro atoms. The molecule has 0 saturated carbocycles. The summed E-state index contributed by atoms with van der Waals surface area (Å²) in [6, 6.07) is -1.90. The number of fused-ring (bicyclic) bond motifs is 2. The number of nitrogens with zero attached hydrogens (tertiary/aromatic N) is 4. The highest BCUT2D eigenvalue weighted by Crippen LogP contribution is 2.38. The van der Waals surface area contributed by atoms with Crippen molar-refractivity contribution >= 4 is 22.4 Å². The third-order valence-corrected chi connectivity index (χ3v) is 4.03. The zero-order chi connectivity index (χ0) is 17.5. The van der Waals surface area contributed by atoms with Gasteiger partial charge >= 0.3 is 22.4 Å². The molecular weight excluding hydrogens is 348 g/mol. The lowest BCUT2D eigenvalue weighted by Gasteiger charge is -2.27. The summed E-state index contributed by atoms with van der Waals surface area (Å²) in [6.07, 6.45) is 0.783. The Morgan fingerprint density at radius 1 is 1.46 bits per heavy atom. The fourth-order valence-electron chi connectivity index (χ4n) is 2.74. The second kappa shape index (κ2) is 5.99. The lowest BCUT2D eigenvalue weighted by Crippen LogP contribution is -2.35. The molecule has 2 saturated heterocycles. The molecule has 1 N–H and O–H groups in total. The van der Waals surface area contributed by atoms with E-state index < -0.39 is 34.5 Å². The van der Waals surface area contributed by atoms with E-state index in [2.05, 4.69) is 14.4 Å². The van der Waals surface area contributed by atoms with Crippen molar-refractivity contribution in [3.63, 3.8) is 0 Å². The molecule has 2 fully saturated rings. The van der Waals surface area contributed by atoms with Crippen LogP contribution in [0.1, 0.15) is 42.3 Å². The highest BCUT2D eigenvalue weighted by atomic mass is 32.3. The van der Waals surface area contributed by atoms with Gasteiger partial charge in [-0.25, -0.2) is 9.59 Å². The number of urea groups is 1. The van der Waals surface area contributed by atoms with Gasteiger partial charge in [0.05, 0.1) is 12.6 Å². The number of piperidine rings is 1. The van der Waals surface area contributed by atoms with Crippen LogP contribution in [0.15, 0.2) is 4.52 Å². The number of hydrogen-bond donors (Lipinski definition) is 1. The zero-order valence-corrected chi connectivity index (χ0v) is 13.3. The normalized spacial score (nSPS) is 23.7. The second-order valence-corrected chi connectivity index (χ2v) is 6.19. The van der Waals surface area contributed by atoms with Crippen molar-refractivity contribution in [2.45, 2.75) is 31.8 Å². The molecule has 132 valence electrons. The minimum absolute atomic E-state index is 0.0403. The zero-order valence-electron chi connectivity index (χ0n) is 12.5. The van der Waals surface area contributed by atoms with Gasteiger partial charge in [-0.15, -0.1) is 4.28 Å². The Morgan fingerprint density at radius 2 is 2.21 bits per heavy atom. The highest BCUT2D eigenvalue weighted by Gasteiger charge is 2.49. The molecule has 2 aliphatic rings. The lowest BCUT2D eigenvalue weighted by atomic mass is 10.0. The molecule has 0 radical (unpaired) electrons. The maximum absolute atomic E-state index is 12.3. The summed E-state index contributed by atoms with van der Waals surface area (Å²) in [6.45, 7) is 1.95. The number of carbonyl (C=O) groups excluding carboxylic acids is 2. The maximum atomic E-state index is 12.3. The van der Waals surface area contributed by atoms with Crippen molar-refractivity contribution < 1.29 is 36.1 Å². The fraction of sp³-hybridized carbons (Fsp3) is 0.636. The van der Waals surface area contributed by atoms with Crippen LogP contribution in [0.5, 0.6) is 0 Å². The molecule has 2 bridgehead atoms. The average molecular weight is 362 g/mol. The lowest BCUT2D eigenvalue weighted by molar-refractivity contribution is -0.0317. The number of hydroxylamine groups is 2. The third-order valence-electron chi connectivity index (χ3n) is 3.68. The van der Waals surface area contributed by atoms with E-state index in [0.717, 1.165) is 0 Å². The van der Waals surface area contributed by atoms with Crippen molar-refractivity contribution in [1.82, 2.24) is 20.1 Å². The van der Waals surface area contributed by atoms with Gasteiger partial charge < -0.3 is 14.2 Å². The van der Waals surface area contributed by atoms with E-state index in [1.807, 2.05) is 0 Å². The van der Waals surface area contributed by atoms with Crippen LogP contribution in [0.4, 0.5) is 4.79 Å². The Bertz CT molecular complexity index is 762. The third kappa shape index (κ3) is 3.05. The highest BCUT2D eigenvalue weighted by molar-refractivity contribution is 7.80. The number of esters is 1. The Balaban J connectivity index is 1.78. The summed E-state index contributed by atoms with van der Waals surface area (Å²) in [7, 11) is -4.81. The summed E-state index contributed by atoms with van der Waals surface area (Å²) in [5.74, 6) is -0.963. The van der Waals surface area contributed by atoms with Crippen LogP contribution in [0.25, 0.3) is 0 Å². The molecule has 12 nitrogen and oxygen atoms in total. The number of ether oxygens (including phenoxy) is 1. The standard InChI is InChI=1S/C11H14N4O8S/c1-2-21-10(16)8-12-9(22-13-8)7-4-3-6-5-14(7)11(17)15(6)23-24(18,19)20/h6-7H,2-5H2,1H3,(H,18,19,20)/t6-,7+/m1/s1. The molecule has 2 amide bonds. The maximum Gasteiger partial charge on any atom is 0.418 e. The van der Waals surface area contributed by atoms with Gasteiger partial charge in [0.1, 0.15) is 6.04 Å². The van der Waals surface area contributed by atoms with Gasteiger partial charge in [-0.3, -0.25) is 4.55 Å². The Hall–Kier alpha value is -2.25. The first kappa shape index (κ1) is 16.6. The number of amides is 2. The summed E-state index contributed by atoms with van der Waals surface area (Å²) in [5, 5.41) is 4.13. The number of carbonyl (C=O) groups is 2. The predicted octanol–water partition coefficient (Wildman–Crippen LogP) is -0.0782. The first-order valence-corrected chi connectivity index (χ1v) is 8.44. The van der Waals surface area contributed by atoms with Gasteiger partial charge in [-0.1, -0.05) is 0 Å². The second-order valence-electron chi connectivity index (χ2n) is 5.19. The molecule has 0 aromatic carbocycles. The van der Waals surface area contributed by atoms with Gasteiger partial charge in [0, 0.05) is 6.54 Å². The van der Waals surface area contributed by atoms with Gasteiger partial charge in [-0.2, -0.15) is 18.5 Å². The number of hydrogen-bond acceptors (Lipinski definition) is 9. The van der Waals surface area contributed by atoms with Crippen LogP contribution >= 0.6 is 0 Å². The predicted molar refractivity (Wildman–Crippen MR) is 72.6 cm³/mol. The largest absolute Gasteiger partial charge is 0.460 e. The van der Waals surface area contributed by atoms with Crippen molar-refractivity contribution in [2.24, 2.45) is 0 Å². The van der Waals surface area contributed by atoms with Crippen molar-refractivity contribution in [3.05, 3.63) is 11.7 Å². The van der Waals surface area contributed by atoms with E-state index in [0.29, 0.717) is 17.9 Å². The topological polar surface area (TPSA) is 152 Å². The molecule has 1 aromatic heterocycles. The van der Waals surface area contributed by atoms with Crippen molar-refractivity contribution in [3.8, 4) is 0 Å². The van der Waals surface area contributed by atoms with Gasteiger partial charge in [0.25, 0.3) is 5.82 Å². The molecule has 0 aliphatic carbocycles. The molecule has 13 heteroatoms. The monoisotopic (exact) mass is 362 g/mol. The van der Waals surface area contributed by atoms with Gasteiger partial charge in [0.2, 0.25) is 5.89 Å². The van der Waals surface area contributed by atoms with Crippen LogP contribution in [0.2, 0.25) is 0 Å². The van der Waals surface area contributed by atoms with Gasteiger partial charge in [-0.05, 0) is 24.9 Å². The van der Waals surface area contributed by atoms with E-state index in [4.69, 9.17) is 13.8 Å². The van der Waals surface area contributed by atoms with Crippen LogP contribution < -0.4 is 0 Å². The first-order chi connectivity index (χ1) is 11.3. The summed E-state index contributed by atoms with van der Waals surface area (Å²) in [5.41, 5.74) is 0. The van der Waals surface area contributed by atoms with Crippen molar-refractivity contribution in [2.75, 3.05) is 13.2 Å². The first-order valence-electron chi connectivity index (χ1n) is 7.07. The minimum Gasteiger partial charge on any atom is -0.460 e. The molecule has 2 atom stereocenters. The molecule has 3 heterocycles. The fourth-order valence-corrected chi connectivity index (χ4v) is 3.13. The van der Waals surface area contributed by atoms with Crippen molar-refractivity contribution in [1.29, 1.82) is 0 Å². The summed E-state index contributed by atoms with van der Waals surface area (Å²) in [4.78, 5) is 29.0. The molecule has 24 heavy (non-hydrogen) atoms. The molecule has 0 unspecified atom stereocenters. The molecule has 3 rings (SSSR count). The Morgan fingerprint density at radius 3 is 2.88 bits per heavy atom. The van der Waals surface area contributed by atoms with Crippen LogP contribution in [-0.2, 0) is 19.4 Å². The minimum atomic E-state index is -4.81. The Labute approximate surface area is 136 Å². The molecule has 2 aliphatic heterocycles.